The molecule has 2 aromatic rings. The Bertz CT molecular complexity index is 942. The summed E-state index contributed by atoms with van der Waals surface area (Å²) in [6.45, 7) is 1.83. The van der Waals surface area contributed by atoms with Crippen molar-refractivity contribution in [3.8, 4) is 0 Å². The Kier molecular flexibility index (Phi) is 4.23. The maximum absolute atomic E-state index is 13.5. The summed E-state index contributed by atoms with van der Waals surface area (Å²) < 4.78 is 52.8. The standard InChI is InChI=1S/C19H20F2N2O2S/c1-23-18-3-2-14(11-17(18)16-4-6-22-7-5-19(16)23)26(24,25)15-9-12(20)8-13(21)10-15/h2-3,8-11,16,19,22H,4-7H2,1H3/t16-,19-/m1/s1. The van der Waals surface area contributed by atoms with Gasteiger partial charge in [0.1, 0.15) is 11.6 Å². The number of likely N-dealkylation sites (N-methyl/N-ethyl adjacent to an activating group) is 1. The molecule has 0 aromatic heterocycles. The van der Waals surface area contributed by atoms with Gasteiger partial charge in [0.05, 0.1) is 9.79 Å². The Morgan fingerprint density at radius 2 is 1.69 bits per heavy atom. The Labute approximate surface area is 151 Å². The Balaban J connectivity index is 1.79. The summed E-state index contributed by atoms with van der Waals surface area (Å²) in [5.41, 5.74) is 2.03. The maximum Gasteiger partial charge on any atom is 0.206 e. The van der Waals surface area contributed by atoms with E-state index >= 15 is 0 Å². The minimum absolute atomic E-state index is 0.0764. The van der Waals surface area contributed by atoms with Crippen LogP contribution in [0.4, 0.5) is 14.5 Å². The fraction of sp³-hybridized carbons (Fsp3) is 0.368. The Morgan fingerprint density at radius 3 is 2.42 bits per heavy atom. The van der Waals surface area contributed by atoms with Crippen molar-refractivity contribution in [3.05, 3.63) is 53.6 Å². The summed E-state index contributed by atoms with van der Waals surface area (Å²) in [6.07, 6.45) is 1.92. The molecule has 0 spiro atoms. The van der Waals surface area contributed by atoms with Gasteiger partial charge in [-0.3, -0.25) is 0 Å². The van der Waals surface area contributed by atoms with Gasteiger partial charge in [0.15, 0.2) is 0 Å². The molecule has 0 saturated carbocycles. The second-order valence-electron chi connectivity index (χ2n) is 6.94. The highest BCUT2D eigenvalue weighted by Gasteiger charge is 2.37. The summed E-state index contributed by atoms with van der Waals surface area (Å²) in [4.78, 5) is 1.93. The molecular weight excluding hydrogens is 358 g/mol. The van der Waals surface area contributed by atoms with E-state index < -0.39 is 21.5 Å². The lowest BCUT2D eigenvalue weighted by Gasteiger charge is -2.24. The molecule has 7 heteroatoms. The van der Waals surface area contributed by atoms with E-state index in [0.29, 0.717) is 12.1 Å². The van der Waals surface area contributed by atoms with Gasteiger partial charge in [-0.2, -0.15) is 0 Å². The van der Waals surface area contributed by atoms with Crippen LogP contribution in [-0.2, 0) is 9.84 Å². The zero-order valence-electron chi connectivity index (χ0n) is 14.4. The predicted molar refractivity (Wildman–Crippen MR) is 95.3 cm³/mol. The summed E-state index contributed by atoms with van der Waals surface area (Å²) >= 11 is 0. The monoisotopic (exact) mass is 378 g/mol. The quantitative estimate of drug-likeness (QED) is 0.873. The van der Waals surface area contributed by atoms with E-state index in [4.69, 9.17) is 0 Å². The molecule has 0 radical (unpaired) electrons. The second-order valence-corrected chi connectivity index (χ2v) is 8.89. The molecule has 2 atom stereocenters. The van der Waals surface area contributed by atoms with Crippen LogP contribution in [0, 0.1) is 11.6 Å². The van der Waals surface area contributed by atoms with Crippen molar-refractivity contribution in [1.82, 2.24) is 5.32 Å². The number of rotatable bonds is 2. The molecule has 1 N–H and O–H groups in total. The van der Waals surface area contributed by atoms with Crippen LogP contribution in [0.5, 0.6) is 0 Å². The molecule has 2 aromatic carbocycles. The van der Waals surface area contributed by atoms with Gasteiger partial charge in [0.2, 0.25) is 9.84 Å². The van der Waals surface area contributed by atoms with E-state index in [1.165, 1.54) is 6.07 Å². The first kappa shape index (κ1) is 17.4. The van der Waals surface area contributed by atoms with Crippen LogP contribution in [0.2, 0.25) is 0 Å². The average Bonchev–Trinajstić information content (AvgIpc) is 2.77. The maximum atomic E-state index is 13.5. The van der Waals surface area contributed by atoms with Gasteiger partial charge in [-0.15, -0.1) is 0 Å². The Hall–Kier alpha value is -1.99. The number of sulfone groups is 1. The molecule has 2 aliphatic rings. The number of hydrogen-bond donors (Lipinski definition) is 1. The van der Waals surface area contributed by atoms with Gasteiger partial charge >= 0.3 is 0 Å². The van der Waals surface area contributed by atoms with Crippen molar-refractivity contribution in [3.63, 3.8) is 0 Å². The van der Waals surface area contributed by atoms with Gasteiger partial charge in [-0.05, 0) is 61.8 Å². The van der Waals surface area contributed by atoms with Crippen molar-refractivity contribution < 1.29 is 17.2 Å². The highest BCUT2D eigenvalue weighted by atomic mass is 32.2. The number of nitrogens with zero attached hydrogens (tertiary/aromatic N) is 1. The third kappa shape index (κ3) is 2.79. The largest absolute Gasteiger partial charge is 0.371 e. The summed E-state index contributed by atoms with van der Waals surface area (Å²) in [5.74, 6) is -1.55. The van der Waals surface area contributed by atoms with Crippen molar-refractivity contribution in [1.29, 1.82) is 0 Å². The molecule has 2 aliphatic heterocycles. The molecule has 138 valence electrons. The number of hydrogen-bond acceptors (Lipinski definition) is 4. The lowest BCUT2D eigenvalue weighted by molar-refractivity contribution is 0.531. The molecule has 1 saturated heterocycles. The minimum Gasteiger partial charge on any atom is -0.371 e. The first-order valence-corrected chi connectivity index (χ1v) is 10.1. The Morgan fingerprint density at radius 1 is 1.00 bits per heavy atom. The molecule has 26 heavy (non-hydrogen) atoms. The van der Waals surface area contributed by atoms with Crippen LogP contribution < -0.4 is 10.2 Å². The van der Waals surface area contributed by atoms with Crippen LogP contribution in [0.25, 0.3) is 0 Å². The van der Waals surface area contributed by atoms with Gasteiger partial charge in [0.25, 0.3) is 0 Å². The number of benzene rings is 2. The predicted octanol–water partition coefficient (Wildman–Crippen LogP) is 3.08. The zero-order chi connectivity index (χ0) is 18.5. The SMILES string of the molecule is CN1c2ccc(S(=O)(=O)c3cc(F)cc(F)c3)cc2[C@H]2CCNCC[C@H]21. The van der Waals surface area contributed by atoms with Gasteiger partial charge in [-0.25, -0.2) is 17.2 Å². The molecular formula is C19H20F2N2O2S. The third-order valence-electron chi connectivity index (χ3n) is 5.45. The number of fused-ring (bicyclic) bond motifs is 3. The minimum atomic E-state index is -3.98. The third-order valence-corrected chi connectivity index (χ3v) is 7.18. The van der Waals surface area contributed by atoms with E-state index in [9.17, 15) is 17.2 Å². The fourth-order valence-electron chi connectivity index (χ4n) is 4.17. The van der Waals surface area contributed by atoms with Crippen molar-refractivity contribution in [2.75, 3.05) is 25.0 Å². The molecule has 2 heterocycles. The summed E-state index contributed by atoms with van der Waals surface area (Å²) in [6, 6.07) is 7.73. The number of nitrogens with one attached hydrogen (secondary N) is 1. The van der Waals surface area contributed by atoms with Crippen LogP contribution in [0.3, 0.4) is 0 Å². The highest BCUT2D eigenvalue weighted by Crippen LogP contribution is 2.45. The zero-order valence-corrected chi connectivity index (χ0v) is 15.2. The number of anilines is 1. The van der Waals surface area contributed by atoms with Crippen LogP contribution in [0.1, 0.15) is 24.3 Å². The fourth-order valence-corrected chi connectivity index (χ4v) is 5.51. The van der Waals surface area contributed by atoms with E-state index in [2.05, 4.69) is 10.2 Å². The molecule has 0 aliphatic carbocycles. The first-order valence-electron chi connectivity index (χ1n) is 8.66. The van der Waals surface area contributed by atoms with Gasteiger partial charge in [-0.1, -0.05) is 0 Å². The van der Waals surface area contributed by atoms with Crippen molar-refractivity contribution >= 4 is 15.5 Å². The molecule has 0 unspecified atom stereocenters. The van der Waals surface area contributed by atoms with Gasteiger partial charge < -0.3 is 10.2 Å². The number of halogens is 2. The van der Waals surface area contributed by atoms with Crippen molar-refractivity contribution in [2.24, 2.45) is 0 Å². The second kappa shape index (κ2) is 6.32. The van der Waals surface area contributed by atoms with E-state index in [0.717, 1.165) is 49.3 Å². The first-order chi connectivity index (χ1) is 12.4. The summed E-state index contributed by atoms with van der Waals surface area (Å²) in [5, 5.41) is 3.38. The van der Waals surface area contributed by atoms with Crippen LogP contribution in [-0.4, -0.2) is 34.6 Å². The lowest BCUT2D eigenvalue weighted by Crippen LogP contribution is -2.30. The molecule has 4 nitrogen and oxygen atoms in total. The van der Waals surface area contributed by atoms with E-state index in [1.807, 2.05) is 7.05 Å². The average molecular weight is 378 g/mol. The molecule has 0 amide bonds. The van der Waals surface area contributed by atoms with Crippen LogP contribution >= 0.6 is 0 Å². The smallest absolute Gasteiger partial charge is 0.206 e. The molecule has 4 rings (SSSR count). The highest BCUT2D eigenvalue weighted by molar-refractivity contribution is 7.91. The lowest BCUT2D eigenvalue weighted by atomic mass is 9.91. The van der Waals surface area contributed by atoms with Crippen molar-refractivity contribution in [2.45, 2.75) is 34.6 Å². The van der Waals surface area contributed by atoms with Gasteiger partial charge in [0, 0.05) is 30.8 Å². The topological polar surface area (TPSA) is 49.4 Å². The van der Waals surface area contributed by atoms with E-state index in [1.54, 1.807) is 12.1 Å². The summed E-state index contributed by atoms with van der Waals surface area (Å²) in [7, 11) is -1.95. The molecule has 0 bridgehead atoms. The molecule has 1 fully saturated rings. The normalized spacial score (nSPS) is 22.7. The van der Waals surface area contributed by atoms with E-state index in [-0.39, 0.29) is 15.7 Å². The van der Waals surface area contributed by atoms with Crippen LogP contribution in [0.15, 0.2) is 46.2 Å².